The Balaban J connectivity index is 1.36. The first-order chi connectivity index (χ1) is 17.8. The molecule has 1 heterocycles. The molecule has 0 aliphatic carbocycles. The summed E-state index contributed by atoms with van der Waals surface area (Å²) in [4.78, 5) is 38.9. The average molecular weight is 501 g/mol. The van der Waals surface area contributed by atoms with Crippen LogP contribution in [0.2, 0.25) is 0 Å². The Morgan fingerprint density at radius 3 is 2.43 bits per heavy atom. The van der Waals surface area contributed by atoms with E-state index in [1.54, 1.807) is 24.3 Å². The van der Waals surface area contributed by atoms with Crippen molar-refractivity contribution in [2.45, 2.75) is 38.1 Å². The van der Waals surface area contributed by atoms with E-state index in [4.69, 9.17) is 11.1 Å². The van der Waals surface area contributed by atoms with Crippen molar-refractivity contribution < 1.29 is 19.5 Å². The molecule has 3 aromatic rings. The van der Waals surface area contributed by atoms with Gasteiger partial charge in [0.15, 0.2) is 0 Å². The summed E-state index contributed by atoms with van der Waals surface area (Å²) in [5.74, 6) is -1.86. The van der Waals surface area contributed by atoms with Crippen LogP contribution in [0, 0.1) is 11.3 Å². The Kier molecular flexibility index (Phi) is 8.18. The lowest BCUT2D eigenvalue weighted by Gasteiger charge is -2.25. The smallest absolute Gasteiger partial charge is 0.304 e. The fourth-order valence-corrected chi connectivity index (χ4v) is 5.03. The summed E-state index contributed by atoms with van der Waals surface area (Å²) in [5, 5.41) is 21.6. The molecule has 37 heavy (non-hydrogen) atoms. The van der Waals surface area contributed by atoms with Crippen molar-refractivity contribution in [2.75, 3.05) is 13.1 Å². The molecular formula is C29H32N4O4. The van der Waals surface area contributed by atoms with E-state index in [9.17, 15) is 19.5 Å². The number of carbonyl (C=O) groups excluding carboxylic acids is 2. The Morgan fingerprint density at radius 2 is 1.73 bits per heavy atom. The number of carboxylic acids is 1. The van der Waals surface area contributed by atoms with E-state index < -0.39 is 11.9 Å². The second-order valence-corrected chi connectivity index (χ2v) is 9.54. The van der Waals surface area contributed by atoms with Gasteiger partial charge >= 0.3 is 5.97 Å². The van der Waals surface area contributed by atoms with Gasteiger partial charge in [0.1, 0.15) is 5.84 Å². The third-order valence-corrected chi connectivity index (χ3v) is 6.93. The fourth-order valence-electron chi connectivity index (χ4n) is 5.03. The number of amidine groups is 1. The number of rotatable bonds is 11. The van der Waals surface area contributed by atoms with Gasteiger partial charge < -0.3 is 21.1 Å². The van der Waals surface area contributed by atoms with Gasteiger partial charge in [0.25, 0.3) is 5.91 Å². The molecule has 5 N–H and O–H groups in total. The van der Waals surface area contributed by atoms with Gasteiger partial charge in [0.2, 0.25) is 5.91 Å². The van der Waals surface area contributed by atoms with Crippen LogP contribution in [0.4, 0.5) is 0 Å². The Hall–Kier alpha value is -4.20. The minimum Gasteiger partial charge on any atom is -0.481 e. The predicted octanol–water partition coefficient (Wildman–Crippen LogP) is 3.57. The van der Waals surface area contributed by atoms with Crippen molar-refractivity contribution in [1.29, 1.82) is 5.41 Å². The monoisotopic (exact) mass is 500 g/mol. The average Bonchev–Trinajstić information content (AvgIpc) is 3.17. The van der Waals surface area contributed by atoms with Crippen molar-refractivity contribution in [2.24, 2.45) is 11.7 Å². The highest BCUT2D eigenvalue weighted by Gasteiger charge is 2.39. The van der Waals surface area contributed by atoms with Crippen LogP contribution in [0.3, 0.4) is 0 Å². The lowest BCUT2D eigenvalue weighted by atomic mass is 10.00. The maximum atomic E-state index is 13.0. The summed E-state index contributed by atoms with van der Waals surface area (Å²) in [6.07, 6.45) is 2.50. The molecule has 4 rings (SSSR count). The van der Waals surface area contributed by atoms with Crippen molar-refractivity contribution in [3.63, 3.8) is 0 Å². The molecule has 1 aliphatic rings. The molecule has 3 aromatic carbocycles. The second kappa shape index (κ2) is 11.7. The van der Waals surface area contributed by atoms with Crippen LogP contribution < -0.4 is 11.1 Å². The lowest BCUT2D eigenvalue weighted by Crippen LogP contribution is -2.37. The summed E-state index contributed by atoms with van der Waals surface area (Å²) in [5.41, 5.74) is 7.88. The number of likely N-dealkylation sites (tertiary alicyclic amines) is 1. The van der Waals surface area contributed by atoms with Crippen molar-refractivity contribution in [1.82, 2.24) is 10.2 Å². The SMILES string of the molecule is N=C(N)c1ccc2ccc(C(=O)NCC[C@@H]3C[C@@H](CC(=O)O)C(=O)N3CCCc3ccccc3)cc2c1. The zero-order chi connectivity index (χ0) is 26.4. The molecule has 0 unspecified atom stereocenters. The van der Waals surface area contributed by atoms with Gasteiger partial charge in [-0.05, 0) is 60.2 Å². The summed E-state index contributed by atoms with van der Waals surface area (Å²) in [6.45, 7) is 0.933. The van der Waals surface area contributed by atoms with E-state index in [0.29, 0.717) is 37.1 Å². The molecule has 0 aromatic heterocycles. The molecule has 2 amide bonds. The summed E-state index contributed by atoms with van der Waals surface area (Å²) in [7, 11) is 0. The van der Waals surface area contributed by atoms with Crippen LogP contribution in [0.1, 0.15) is 47.2 Å². The molecule has 8 nitrogen and oxygen atoms in total. The molecule has 0 saturated carbocycles. The molecule has 0 spiro atoms. The van der Waals surface area contributed by atoms with Crippen LogP contribution in [0.25, 0.3) is 10.8 Å². The number of carbonyl (C=O) groups is 3. The molecule has 1 aliphatic heterocycles. The number of fused-ring (bicyclic) bond motifs is 1. The van der Waals surface area contributed by atoms with Gasteiger partial charge in [-0.3, -0.25) is 19.8 Å². The third-order valence-electron chi connectivity index (χ3n) is 6.93. The quantitative estimate of drug-likeness (QED) is 0.236. The number of nitrogens with zero attached hydrogens (tertiary/aromatic N) is 1. The fraction of sp³-hybridized carbons (Fsp3) is 0.310. The first kappa shape index (κ1) is 25.9. The summed E-state index contributed by atoms with van der Waals surface area (Å²) in [6, 6.07) is 20.8. The first-order valence-electron chi connectivity index (χ1n) is 12.5. The zero-order valence-electron chi connectivity index (χ0n) is 20.7. The van der Waals surface area contributed by atoms with Crippen LogP contribution in [-0.4, -0.2) is 52.8 Å². The number of nitrogen functional groups attached to an aromatic ring is 1. The Bertz CT molecular complexity index is 1310. The molecule has 2 atom stereocenters. The first-order valence-corrected chi connectivity index (χ1v) is 12.5. The molecule has 0 radical (unpaired) electrons. The second-order valence-electron chi connectivity index (χ2n) is 9.54. The normalized spacial score (nSPS) is 17.2. The van der Waals surface area contributed by atoms with Crippen molar-refractivity contribution >= 4 is 34.4 Å². The summed E-state index contributed by atoms with van der Waals surface area (Å²) >= 11 is 0. The topological polar surface area (TPSA) is 137 Å². The molecule has 0 bridgehead atoms. The van der Waals surface area contributed by atoms with Crippen LogP contribution in [0.15, 0.2) is 66.7 Å². The predicted molar refractivity (Wildman–Crippen MR) is 143 cm³/mol. The molecule has 192 valence electrons. The minimum absolute atomic E-state index is 0.0302. The van der Waals surface area contributed by atoms with Gasteiger partial charge in [0, 0.05) is 30.3 Å². The van der Waals surface area contributed by atoms with Crippen molar-refractivity contribution in [3.8, 4) is 0 Å². The Morgan fingerprint density at radius 1 is 1.03 bits per heavy atom. The number of nitrogens with one attached hydrogen (secondary N) is 2. The van der Waals surface area contributed by atoms with Crippen molar-refractivity contribution in [3.05, 3.63) is 83.4 Å². The maximum absolute atomic E-state index is 13.0. The highest BCUT2D eigenvalue weighted by Crippen LogP contribution is 2.29. The third kappa shape index (κ3) is 6.52. The van der Waals surface area contributed by atoms with E-state index in [0.717, 1.165) is 23.6 Å². The van der Waals surface area contributed by atoms with E-state index >= 15 is 0 Å². The lowest BCUT2D eigenvalue weighted by molar-refractivity contribution is -0.142. The standard InChI is InChI=1S/C29H32N4O4/c30-27(31)21-10-8-20-9-11-22(16-23(20)15-21)28(36)32-13-12-25-17-24(18-26(34)35)29(37)33(25)14-4-7-19-5-2-1-3-6-19/h1-3,5-6,8-11,15-16,24-25H,4,7,12-14,17-18H2,(H3,30,31)(H,32,36)(H,34,35)/t24-,25+/m0/s1. The van der Waals surface area contributed by atoms with E-state index in [-0.39, 0.29) is 30.1 Å². The van der Waals surface area contributed by atoms with Crippen LogP contribution >= 0.6 is 0 Å². The van der Waals surface area contributed by atoms with Crippen LogP contribution in [-0.2, 0) is 16.0 Å². The number of hydrogen-bond donors (Lipinski definition) is 4. The summed E-state index contributed by atoms with van der Waals surface area (Å²) < 4.78 is 0. The van der Waals surface area contributed by atoms with Gasteiger partial charge in [0.05, 0.1) is 12.3 Å². The number of benzene rings is 3. The van der Waals surface area contributed by atoms with Gasteiger partial charge in [-0.25, -0.2) is 0 Å². The molecule has 1 saturated heterocycles. The van der Waals surface area contributed by atoms with E-state index in [2.05, 4.69) is 17.4 Å². The largest absolute Gasteiger partial charge is 0.481 e. The zero-order valence-corrected chi connectivity index (χ0v) is 20.7. The molecular weight excluding hydrogens is 468 g/mol. The Labute approximate surface area is 216 Å². The maximum Gasteiger partial charge on any atom is 0.304 e. The van der Waals surface area contributed by atoms with Gasteiger partial charge in [-0.2, -0.15) is 0 Å². The number of aryl methyl sites for hydroxylation is 1. The number of hydrogen-bond acceptors (Lipinski definition) is 4. The number of nitrogens with two attached hydrogens (primary N) is 1. The van der Waals surface area contributed by atoms with E-state index in [1.165, 1.54) is 5.56 Å². The highest BCUT2D eigenvalue weighted by molar-refractivity contribution is 6.02. The number of aliphatic carboxylic acids is 1. The molecule has 1 fully saturated rings. The number of amides is 2. The van der Waals surface area contributed by atoms with Crippen LogP contribution in [0.5, 0.6) is 0 Å². The number of carboxylic acid groups (broad SMARTS) is 1. The highest BCUT2D eigenvalue weighted by atomic mass is 16.4. The van der Waals surface area contributed by atoms with E-state index in [1.807, 2.05) is 35.2 Å². The molecule has 8 heteroatoms. The van der Waals surface area contributed by atoms with Gasteiger partial charge in [-0.15, -0.1) is 0 Å². The minimum atomic E-state index is -0.972. The van der Waals surface area contributed by atoms with Gasteiger partial charge in [-0.1, -0.05) is 48.5 Å².